The second-order valence-electron chi connectivity index (χ2n) is 6.39. The smallest absolute Gasteiger partial charge is 0.294 e. The van der Waals surface area contributed by atoms with Crippen LogP contribution in [-0.2, 0) is 9.59 Å². The Morgan fingerprint density at radius 3 is 2.72 bits per heavy atom. The number of amides is 3. The molecular formula is C18H19BrN2O3S. The van der Waals surface area contributed by atoms with Crippen molar-refractivity contribution in [1.82, 2.24) is 9.80 Å². The van der Waals surface area contributed by atoms with Crippen LogP contribution in [0, 0.1) is 5.92 Å². The van der Waals surface area contributed by atoms with Crippen molar-refractivity contribution in [2.45, 2.75) is 19.8 Å². The van der Waals surface area contributed by atoms with Gasteiger partial charge in [-0.2, -0.15) is 0 Å². The summed E-state index contributed by atoms with van der Waals surface area (Å²) in [6, 6.07) is 7.48. The third-order valence-corrected chi connectivity index (χ3v) is 5.85. The molecule has 2 saturated heterocycles. The van der Waals surface area contributed by atoms with Crippen LogP contribution in [-0.4, -0.2) is 46.5 Å². The van der Waals surface area contributed by atoms with Crippen molar-refractivity contribution in [3.05, 3.63) is 39.2 Å². The lowest BCUT2D eigenvalue weighted by molar-refractivity contribution is -0.136. The van der Waals surface area contributed by atoms with E-state index in [2.05, 4.69) is 22.9 Å². The number of piperidine rings is 1. The summed E-state index contributed by atoms with van der Waals surface area (Å²) in [6.07, 6.45) is 3.62. The van der Waals surface area contributed by atoms with Gasteiger partial charge in [0.2, 0.25) is 5.91 Å². The molecule has 1 aromatic rings. The molecule has 5 nitrogen and oxygen atoms in total. The van der Waals surface area contributed by atoms with E-state index in [9.17, 15) is 14.4 Å². The van der Waals surface area contributed by atoms with E-state index in [0.717, 1.165) is 39.5 Å². The first-order valence-electron chi connectivity index (χ1n) is 8.23. The van der Waals surface area contributed by atoms with E-state index in [-0.39, 0.29) is 17.7 Å². The molecular weight excluding hydrogens is 404 g/mol. The topological polar surface area (TPSA) is 57.7 Å². The molecule has 2 aliphatic rings. The first-order valence-corrected chi connectivity index (χ1v) is 9.83. The minimum absolute atomic E-state index is 0.155. The average molecular weight is 423 g/mol. The second-order valence-corrected chi connectivity index (χ2v) is 8.30. The number of hydrogen-bond acceptors (Lipinski definition) is 4. The van der Waals surface area contributed by atoms with E-state index in [4.69, 9.17) is 0 Å². The normalized spacial score (nSPS) is 20.6. The van der Waals surface area contributed by atoms with Crippen LogP contribution in [0.5, 0.6) is 0 Å². The molecule has 1 aromatic carbocycles. The molecule has 2 fully saturated rings. The molecule has 0 aromatic heterocycles. The summed E-state index contributed by atoms with van der Waals surface area (Å²) in [5.41, 5.74) is 0.830. The molecule has 2 heterocycles. The fourth-order valence-electron chi connectivity index (χ4n) is 2.88. The third-order valence-electron chi connectivity index (χ3n) is 4.45. The highest BCUT2D eigenvalue weighted by Gasteiger charge is 2.37. The highest BCUT2D eigenvalue weighted by atomic mass is 79.9. The zero-order valence-corrected chi connectivity index (χ0v) is 16.3. The summed E-state index contributed by atoms with van der Waals surface area (Å²) in [6.45, 7) is 3.40. The Morgan fingerprint density at radius 2 is 2.04 bits per heavy atom. The quantitative estimate of drug-likeness (QED) is 0.695. The van der Waals surface area contributed by atoms with Gasteiger partial charge < -0.3 is 4.90 Å². The molecule has 2 aliphatic heterocycles. The SMILES string of the molecule is CC1CCN(C(=O)CN2C(=O)S/C(=C/c3cccc(Br)c3)C2=O)CC1. The zero-order valence-electron chi connectivity index (χ0n) is 13.9. The Labute approximate surface area is 159 Å². The molecule has 132 valence electrons. The maximum absolute atomic E-state index is 12.5. The van der Waals surface area contributed by atoms with Gasteiger partial charge in [-0.25, -0.2) is 0 Å². The molecule has 0 spiro atoms. The van der Waals surface area contributed by atoms with Crippen LogP contribution in [0.2, 0.25) is 0 Å². The number of rotatable bonds is 3. The van der Waals surface area contributed by atoms with Gasteiger partial charge in [-0.15, -0.1) is 0 Å². The van der Waals surface area contributed by atoms with E-state index >= 15 is 0 Å². The van der Waals surface area contributed by atoms with E-state index < -0.39 is 5.91 Å². The van der Waals surface area contributed by atoms with Crippen LogP contribution < -0.4 is 0 Å². The minimum atomic E-state index is -0.395. The number of likely N-dealkylation sites (tertiary alicyclic amines) is 1. The molecule has 7 heteroatoms. The molecule has 3 amide bonds. The van der Waals surface area contributed by atoms with E-state index in [1.807, 2.05) is 24.3 Å². The first-order chi connectivity index (χ1) is 11.9. The van der Waals surface area contributed by atoms with Crippen LogP contribution in [0.1, 0.15) is 25.3 Å². The fraction of sp³-hybridized carbons (Fsp3) is 0.389. The third kappa shape index (κ3) is 4.33. The van der Waals surface area contributed by atoms with Crippen LogP contribution in [0.4, 0.5) is 4.79 Å². The van der Waals surface area contributed by atoms with Gasteiger partial charge in [-0.1, -0.05) is 35.0 Å². The van der Waals surface area contributed by atoms with Crippen molar-refractivity contribution >= 4 is 50.8 Å². The highest BCUT2D eigenvalue weighted by molar-refractivity contribution is 9.10. The van der Waals surface area contributed by atoms with Gasteiger partial charge in [0.1, 0.15) is 6.54 Å². The van der Waals surface area contributed by atoms with Gasteiger partial charge in [0.15, 0.2) is 0 Å². The van der Waals surface area contributed by atoms with Gasteiger partial charge in [0.05, 0.1) is 4.91 Å². The van der Waals surface area contributed by atoms with Crippen molar-refractivity contribution in [3.8, 4) is 0 Å². The van der Waals surface area contributed by atoms with Crippen molar-refractivity contribution in [2.75, 3.05) is 19.6 Å². The average Bonchev–Trinajstić information content (AvgIpc) is 2.83. The molecule has 25 heavy (non-hydrogen) atoms. The van der Waals surface area contributed by atoms with Crippen LogP contribution >= 0.6 is 27.7 Å². The van der Waals surface area contributed by atoms with Crippen molar-refractivity contribution in [3.63, 3.8) is 0 Å². The van der Waals surface area contributed by atoms with Crippen molar-refractivity contribution in [2.24, 2.45) is 5.92 Å². The first kappa shape index (κ1) is 18.2. The summed E-state index contributed by atoms with van der Waals surface area (Å²) < 4.78 is 0.898. The summed E-state index contributed by atoms with van der Waals surface area (Å²) in [5, 5.41) is -0.384. The minimum Gasteiger partial charge on any atom is -0.341 e. The maximum Gasteiger partial charge on any atom is 0.294 e. The molecule has 0 N–H and O–H groups in total. The Kier molecular flexibility index (Phi) is 5.64. The maximum atomic E-state index is 12.5. The Balaban J connectivity index is 1.68. The van der Waals surface area contributed by atoms with Crippen molar-refractivity contribution in [1.29, 1.82) is 0 Å². The fourth-order valence-corrected chi connectivity index (χ4v) is 4.13. The summed E-state index contributed by atoms with van der Waals surface area (Å²) in [4.78, 5) is 40.2. The number of imide groups is 1. The molecule has 0 atom stereocenters. The standard InChI is InChI=1S/C18H19BrN2O3S/c1-12-5-7-20(8-6-12)16(22)11-21-17(23)15(25-18(21)24)10-13-3-2-4-14(19)9-13/h2-4,9-10,12H,5-8,11H2,1H3/b15-10+. The number of hydrogen-bond donors (Lipinski definition) is 0. The van der Waals surface area contributed by atoms with Crippen LogP contribution in [0.3, 0.4) is 0 Å². The number of thioether (sulfide) groups is 1. The predicted molar refractivity (Wildman–Crippen MR) is 102 cm³/mol. The second kappa shape index (κ2) is 7.74. The molecule has 0 saturated carbocycles. The summed E-state index contributed by atoms with van der Waals surface area (Å²) in [5.74, 6) is 0.0704. The molecule has 0 radical (unpaired) electrons. The molecule has 0 bridgehead atoms. The zero-order chi connectivity index (χ0) is 18.0. The van der Waals surface area contributed by atoms with Crippen LogP contribution in [0.15, 0.2) is 33.6 Å². The monoisotopic (exact) mass is 422 g/mol. The molecule has 3 rings (SSSR count). The number of benzene rings is 1. The summed E-state index contributed by atoms with van der Waals surface area (Å²) in [7, 11) is 0. The lowest BCUT2D eigenvalue weighted by atomic mass is 9.99. The Hall–Kier alpha value is -1.60. The largest absolute Gasteiger partial charge is 0.341 e. The van der Waals surface area contributed by atoms with Crippen molar-refractivity contribution < 1.29 is 14.4 Å². The van der Waals surface area contributed by atoms with Gasteiger partial charge in [-0.3, -0.25) is 19.3 Å². The van der Waals surface area contributed by atoms with Gasteiger partial charge in [0, 0.05) is 17.6 Å². The van der Waals surface area contributed by atoms with Gasteiger partial charge in [0.25, 0.3) is 11.1 Å². The van der Waals surface area contributed by atoms with Gasteiger partial charge in [-0.05, 0) is 54.3 Å². The highest BCUT2D eigenvalue weighted by Crippen LogP contribution is 2.32. The molecule has 0 aliphatic carbocycles. The lowest BCUT2D eigenvalue weighted by Gasteiger charge is -2.31. The number of halogens is 1. The number of carbonyl (C=O) groups is 3. The van der Waals surface area contributed by atoms with E-state index in [0.29, 0.717) is 23.9 Å². The molecule has 0 unspecified atom stereocenters. The lowest BCUT2D eigenvalue weighted by Crippen LogP contribution is -2.45. The Morgan fingerprint density at radius 1 is 1.32 bits per heavy atom. The van der Waals surface area contributed by atoms with E-state index in [1.165, 1.54) is 0 Å². The van der Waals surface area contributed by atoms with Gasteiger partial charge >= 0.3 is 0 Å². The van der Waals surface area contributed by atoms with Crippen LogP contribution in [0.25, 0.3) is 6.08 Å². The number of nitrogens with zero attached hydrogens (tertiary/aromatic N) is 2. The van der Waals surface area contributed by atoms with E-state index in [1.54, 1.807) is 11.0 Å². The summed E-state index contributed by atoms with van der Waals surface area (Å²) >= 11 is 4.27. The predicted octanol–water partition coefficient (Wildman–Crippen LogP) is 3.74. The number of carbonyl (C=O) groups excluding carboxylic acids is 3. The Bertz CT molecular complexity index is 742.